The van der Waals surface area contributed by atoms with E-state index in [1.54, 1.807) is 0 Å². The van der Waals surface area contributed by atoms with Gasteiger partial charge in [-0.05, 0) is 30.9 Å². The second-order valence-corrected chi connectivity index (χ2v) is 6.79. The van der Waals surface area contributed by atoms with Crippen molar-refractivity contribution in [2.24, 2.45) is 5.92 Å². The third kappa shape index (κ3) is 2.74. The Morgan fingerprint density at radius 3 is 2.53 bits per heavy atom. The number of sulfonamides is 1. The molecule has 106 valence electrons. The van der Waals surface area contributed by atoms with Gasteiger partial charge in [-0.2, -0.15) is 4.31 Å². The number of hydrogen-bond donors (Lipinski definition) is 1. The molecule has 2 N–H and O–H groups in total. The summed E-state index contributed by atoms with van der Waals surface area (Å²) in [6.07, 6.45) is 2.70. The maximum absolute atomic E-state index is 13.8. The van der Waals surface area contributed by atoms with Gasteiger partial charge >= 0.3 is 0 Å². The van der Waals surface area contributed by atoms with Crippen LogP contribution in [0.15, 0.2) is 23.1 Å². The lowest BCUT2D eigenvalue weighted by atomic mass is 9.96. The number of anilines is 1. The molecule has 0 spiro atoms. The summed E-state index contributed by atoms with van der Waals surface area (Å²) >= 11 is 0. The number of halogens is 1. The number of benzene rings is 1. The SMILES string of the molecule is CCC1CCN(S(=O)(=O)c2c(N)cccc2F)CC1. The monoisotopic (exact) mass is 286 g/mol. The van der Waals surface area contributed by atoms with Gasteiger partial charge in [0, 0.05) is 13.1 Å². The normalized spacial score (nSPS) is 18.6. The number of nitrogens with two attached hydrogens (primary N) is 1. The smallest absolute Gasteiger partial charge is 0.248 e. The van der Waals surface area contributed by atoms with E-state index < -0.39 is 15.8 Å². The van der Waals surface area contributed by atoms with Crippen LogP contribution in [0.4, 0.5) is 10.1 Å². The van der Waals surface area contributed by atoms with Crippen molar-refractivity contribution in [2.75, 3.05) is 18.8 Å². The summed E-state index contributed by atoms with van der Waals surface area (Å²) < 4.78 is 40.0. The number of piperidine rings is 1. The molecule has 6 heteroatoms. The molecule has 2 rings (SSSR count). The Labute approximate surface area is 113 Å². The molecule has 1 aromatic rings. The minimum absolute atomic E-state index is 0.0300. The lowest BCUT2D eigenvalue weighted by Crippen LogP contribution is -2.39. The largest absolute Gasteiger partial charge is 0.398 e. The standard InChI is InChI=1S/C13H19FN2O2S/c1-2-10-6-8-16(9-7-10)19(17,18)13-11(14)4-3-5-12(13)15/h3-5,10H,2,6-9,15H2,1H3. The molecule has 0 unspecified atom stereocenters. The van der Waals surface area contributed by atoms with Gasteiger partial charge in [0.1, 0.15) is 10.7 Å². The molecule has 0 aromatic heterocycles. The summed E-state index contributed by atoms with van der Waals surface area (Å²) in [4.78, 5) is -0.384. The third-order valence-corrected chi connectivity index (χ3v) is 5.74. The van der Waals surface area contributed by atoms with Crippen LogP contribution in [-0.2, 0) is 10.0 Å². The molecule has 1 saturated heterocycles. The highest BCUT2D eigenvalue weighted by Gasteiger charge is 2.32. The Balaban J connectivity index is 2.29. The highest BCUT2D eigenvalue weighted by Crippen LogP contribution is 2.29. The van der Waals surface area contributed by atoms with E-state index in [0.717, 1.165) is 25.3 Å². The van der Waals surface area contributed by atoms with Crippen molar-refractivity contribution in [3.63, 3.8) is 0 Å². The van der Waals surface area contributed by atoms with Crippen LogP contribution in [0.2, 0.25) is 0 Å². The minimum atomic E-state index is -3.82. The number of hydrogen-bond acceptors (Lipinski definition) is 3. The average molecular weight is 286 g/mol. The van der Waals surface area contributed by atoms with E-state index in [4.69, 9.17) is 5.73 Å². The van der Waals surface area contributed by atoms with Crippen LogP contribution in [0, 0.1) is 11.7 Å². The first kappa shape index (κ1) is 14.3. The molecule has 1 fully saturated rings. The van der Waals surface area contributed by atoms with Crippen molar-refractivity contribution < 1.29 is 12.8 Å². The van der Waals surface area contributed by atoms with Gasteiger partial charge in [0.25, 0.3) is 0 Å². The van der Waals surface area contributed by atoms with Gasteiger partial charge in [-0.1, -0.05) is 19.4 Å². The molecular formula is C13H19FN2O2S. The average Bonchev–Trinajstić information content (AvgIpc) is 2.38. The second-order valence-electron chi connectivity index (χ2n) is 4.91. The lowest BCUT2D eigenvalue weighted by molar-refractivity contribution is 0.268. The van der Waals surface area contributed by atoms with Crippen LogP contribution in [0.1, 0.15) is 26.2 Å². The van der Waals surface area contributed by atoms with Crippen molar-refractivity contribution >= 4 is 15.7 Å². The third-order valence-electron chi connectivity index (χ3n) is 3.75. The Bertz CT molecular complexity index is 532. The van der Waals surface area contributed by atoms with Crippen LogP contribution < -0.4 is 5.73 Å². The van der Waals surface area contributed by atoms with Gasteiger partial charge in [0.2, 0.25) is 10.0 Å². The summed E-state index contributed by atoms with van der Waals surface area (Å²) in [6.45, 7) is 2.98. The van der Waals surface area contributed by atoms with Crippen LogP contribution in [0.25, 0.3) is 0 Å². The predicted molar refractivity (Wildman–Crippen MR) is 72.6 cm³/mol. The highest BCUT2D eigenvalue weighted by atomic mass is 32.2. The Morgan fingerprint density at radius 2 is 2.00 bits per heavy atom. The first-order valence-electron chi connectivity index (χ1n) is 6.51. The fraction of sp³-hybridized carbons (Fsp3) is 0.538. The summed E-state index contributed by atoms with van der Waals surface area (Å²) in [5.41, 5.74) is 5.59. The fourth-order valence-electron chi connectivity index (χ4n) is 2.48. The second kappa shape index (κ2) is 5.46. The first-order chi connectivity index (χ1) is 8.96. The van der Waals surface area contributed by atoms with E-state index in [1.807, 2.05) is 0 Å². The number of nitrogens with zero attached hydrogens (tertiary/aromatic N) is 1. The maximum atomic E-state index is 13.8. The maximum Gasteiger partial charge on any atom is 0.248 e. The van der Waals surface area contributed by atoms with Crippen molar-refractivity contribution in [1.82, 2.24) is 4.31 Å². The lowest BCUT2D eigenvalue weighted by Gasteiger charge is -2.31. The van der Waals surface area contributed by atoms with Crippen molar-refractivity contribution in [2.45, 2.75) is 31.1 Å². The number of nitrogen functional groups attached to an aromatic ring is 1. The van der Waals surface area contributed by atoms with E-state index in [2.05, 4.69) is 6.92 Å². The molecule has 0 atom stereocenters. The fourth-order valence-corrected chi connectivity index (χ4v) is 4.11. The molecule has 0 radical (unpaired) electrons. The summed E-state index contributed by atoms with van der Waals surface area (Å²) in [7, 11) is -3.82. The van der Waals surface area contributed by atoms with Crippen molar-refractivity contribution in [1.29, 1.82) is 0 Å². The molecular weight excluding hydrogens is 267 g/mol. The van der Waals surface area contributed by atoms with Gasteiger partial charge < -0.3 is 5.73 Å². The topological polar surface area (TPSA) is 63.4 Å². The van der Waals surface area contributed by atoms with Crippen molar-refractivity contribution in [3.05, 3.63) is 24.0 Å². The van der Waals surface area contributed by atoms with Gasteiger partial charge in [-0.3, -0.25) is 0 Å². The summed E-state index contributed by atoms with van der Waals surface area (Å²) in [5, 5.41) is 0. The summed E-state index contributed by atoms with van der Waals surface area (Å²) in [6, 6.07) is 3.95. The van der Waals surface area contributed by atoms with Crippen LogP contribution in [-0.4, -0.2) is 25.8 Å². The Morgan fingerprint density at radius 1 is 1.37 bits per heavy atom. The molecule has 19 heavy (non-hydrogen) atoms. The van der Waals surface area contributed by atoms with E-state index in [-0.39, 0.29) is 10.6 Å². The van der Waals surface area contributed by atoms with Gasteiger partial charge in [-0.15, -0.1) is 0 Å². The van der Waals surface area contributed by atoms with E-state index in [9.17, 15) is 12.8 Å². The zero-order valence-electron chi connectivity index (χ0n) is 11.0. The van der Waals surface area contributed by atoms with E-state index in [1.165, 1.54) is 16.4 Å². The zero-order valence-corrected chi connectivity index (χ0v) is 11.8. The van der Waals surface area contributed by atoms with Gasteiger partial charge in [-0.25, -0.2) is 12.8 Å². The molecule has 0 bridgehead atoms. The minimum Gasteiger partial charge on any atom is -0.398 e. The predicted octanol–water partition coefficient (Wildman–Crippen LogP) is 2.22. The number of rotatable bonds is 3. The highest BCUT2D eigenvalue weighted by molar-refractivity contribution is 7.89. The molecule has 1 heterocycles. The first-order valence-corrected chi connectivity index (χ1v) is 7.95. The van der Waals surface area contributed by atoms with Crippen LogP contribution in [0.3, 0.4) is 0 Å². The Kier molecular flexibility index (Phi) is 4.10. The van der Waals surface area contributed by atoms with Crippen LogP contribution >= 0.6 is 0 Å². The van der Waals surface area contributed by atoms with Crippen molar-refractivity contribution in [3.8, 4) is 0 Å². The quantitative estimate of drug-likeness (QED) is 0.867. The molecule has 0 amide bonds. The molecule has 0 saturated carbocycles. The Hall–Kier alpha value is -1.14. The van der Waals surface area contributed by atoms with E-state index >= 15 is 0 Å². The molecule has 1 aromatic carbocycles. The molecule has 1 aliphatic rings. The van der Waals surface area contributed by atoms with Gasteiger partial charge in [0.05, 0.1) is 5.69 Å². The molecule has 4 nitrogen and oxygen atoms in total. The zero-order chi connectivity index (χ0) is 14.0. The van der Waals surface area contributed by atoms with Gasteiger partial charge in [0.15, 0.2) is 0 Å². The van der Waals surface area contributed by atoms with Crippen LogP contribution in [0.5, 0.6) is 0 Å². The summed E-state index contributed by atoms with van der Waals surface area (Å²) in [5.74, 6) is -0.220. The molecule has 0 aliphatic carbocycles. The molecule has 1 aliphatic heterocycles. The van der Waals surface area contributed by atoms with E-state index in [0.29, 0.717) is 19.0 Å².